The van der Waals surface area contributed by atoms with E-state index in [-0.39, 0.29) is 18.0 Å². The lowest BCUT2D eigenvalue weighted by Crippen LogP contribution is -2.78. The van der Waals surface area contributed by atoms with Gasteiger partial charge < -0.3 is 23.7 Å². The van der Waals surface area contributed by atoms with Gasteiger partial charge >= 0.3 is 11.9 Å². The first kappa shape index (κ1) is 11.0. The second kappa shape index (κ2) is 2.98. The van der Waals surface area contributed by atoms with E-state index < -0.39 is 23.3 Å². The molecule has 5 rings (SSSR count). The van der Waals surface area contributed by atoms with Crippen LogP contribution in [-0.4, -0.2) is 49.1 Å². The van der Waals surface area contributed by atoms with Crippen LogP contribution in [0.2, 0.25) is 0 Å². The van der Waals surface area contributed by atoms with E-state index >= 15 is 0 Å². The first-order valence-corrected chi connectivity index (χ1v) is 6.93. The fourth-order valence-electron chi connectivity index (χ4n) is 4.75. The van der Waals surface area contributed by atoms with E-state index in [0.29, 0.717) is 13.0 Å². The van der Waals surface area contributed by atoms with Crippen molar-refractivity contribution in [2.75, 3.05) is 13.7 Å². The van der Waals surface area contributed by atoms with E-state index in [1.165, 1.54) is 0 Å². The molecule has 0 radical (unpaired) electrons. The first-order chi connectivity index (χ1) is 9.17. The third-order valence-corrected chi connectivity index (χ3v) is 5.62. The van der Waals surface area contributed by atoms with Gasteiger partial charge in [0.05, 0.1) is 19.1 Å². The summed E-state index contributed by atoms with van der Waals surface area (Å²) in [7, 11) is 1.60. The summed E-state index contributed by atoms with van der Waals surface area (Å²) >= 11 is 0. The number of carbonyl (C=O) groups excluding carboxylic acids is 1. The van der Waals surface area contributed by atoms with Gasteiger partial charge in [-0.2, -0.15) is 0 Å². The van der Waals surface area contributed by atoms with Crippen LogP contribution in [0, 0.1) is 5.92 Å². The number of fused-ring (bicyclic) bond motifs is 1. The molecular formula is C13H16O6. The van der Waals surface area contributed by atoms with Gasteiger partial charge in [-0.05, 0) is 12.8 Å². The van der Waals surface area contributed by atoms with E-state index in [9.17, 15) is 4.79 Å². The highest BCUT2D eigenvalue weighted by Crippen LogP contribution is 2.69. The maximum absolute atomic E-state index is 11.9. The average molecular weight is 268 g/mol. The van der Waals surface area contributed by atoms with E-state index in [1.54, 1.807) is 7.11 Å². The van der Waals surface area contributed by atoms with Crippen LogP contribution in [-0.2, 0) is 28.5 Å². The van der Waals surface area contributed by atoms with Crippen molar-refractivity contribution in [1.82, 2.24) is 0 Å². The van der Waals surface area contributed by atoms with Gasteiger partial charge in [0.25, 0.3) is 0 Å². The molecule has 5 fully saturated rings. The lowest BCUT2D eigenvalue weighted by Gasteiger charge is -2.57. The van der Waals surface area contributed by atoms with Crippen LogP contribution in [0.3, 0.4) is 0 Å². The van der Waals surface area contributed by atoms with Crippen molar-refractivity contribution in [3.63, 3.8) is 0 Å². The molecule has 4 heterocycles. The van der Waals surface area contributed by atoms with E-state index in [0.717, 1.165) is 19.3 Å². The zero-order valence-electron chi connectivity index (χ0n) is 10.7. The standard InChI is InChI=1S/C13H16O6/c1-15-11-6-16-13(11)18-8-4-2-3-7-5-9(14)17-10(11)12(7,8)19-13/h7-8,10H,2-6H2,1H3. The average Bonchev–Trinajstić information content (AvgIpc) is 2.82. The quantitative estimate of drug-likeness (QED) is 0.639. The molecule has 0 aromatic rings. The van der Waals surface area contributed by atoms with Gasteiger partial charge in [-0.15, -0.1) is 0 Å². The summed E-state index contributed by atoms with van der Waals surface area (Å²) in [6.45, 7) is 0.350. The molecular weight excluding hydrogens is 252 g/mol. The Labute approximate surface area is 110 Å². The Morgan fingerprint density at radius 1 is 1.37 bits per heavy atom. The minimum Gasteiger partial charge on any atom is -0.456 e. The monoisotopic (exact) mass is 268 g/mol. The lowest BCUT2D eigenvalue weighted by atomic mass is 9.63. The molecule has 5 aliphatic rings. The zero-order valence-corrected chi connectivity index (χ0v) is 10.7. The zero-order chi connectivity index (χ0) is 12.9. The predicted octanol–water partition coefficient (Wildman–Crippen LogP) is 0.339. The van der Waals surface area contributed by atoms with Crippen LogP contribution >= 0.6 is 0 Å². The second-order valence-corrected chi connectivity index (χ2v) is 6.20. The third kappa shape index (κ3) is 0.896. The van der Waals surface area contributed by atoms with Crippen molar-refractivity contribution in [3.05, 3.63) is 0 Å². The second-order valence-electron chi connectivity index (χ2n) is 6.20. The number of hydrogen-bond acceptors (Lipinski definition) is 6. The highest BCUT2D eigenvalue weighted by atomic mass is 17.0. The Morgan fingerprint density at radius 3 is 3.00 bits per heavy atom. The van der Waals surface area contributed by atoms with Crippen LogP contribution in [0.25, 0.3) is 0 Å². The molecule has 2 spiro atoms. The lowest BCUT2D eigenvalue weighted by molar-refractivity contribution is -0.480. The van der Waals surface area contributed by atoms with Gasteiger partial charge in [0.15, 0.2) is 6.10 Å². The summed E-state index contributed by atoms with van der Waals surface area (Å²) in [5, 5.41) is 0. The molecule has 0 N–H and O–H groups in total. The third-order valence-electron chi connectivity index (χ3n) is 5.62. The van der Waals surface area contributed by atoms with Crippen molar-refractivity contribution < 1.29 is 28.5 Å². The molecule has 1 saturated carbocycles. The first-order valence-electron chi connectivity index (χ1n) is 6.93. The van der Waals surface area contributed by atoms with E-state index in [2.05, 4.69) is 0 Å². The smallest absolute Gasteiger partial charge is 0.321 e. The molecule has 0 aromatic carbocycles. The molecule has 4 aliphatic heterocycles. The van der Waals surface area contributed by atoms with Crippen LogP contribution in [0.4, 0.5) is 0 Å². The topological polar surface area (TPSA) is 63.2 Å². The number of ether oxygens (including phenoxy) is 5. The van der Waals surface area contributed by atoms with Gasteiger partial charge in [-0.3, -0.25) is 4.79 Å². The highest BCUT2D eigenvalue weighted by molar-refractivity contribution is 5.72. The predicted molar refractivity (Wildman–Crippen MR) is 59.0 cm³/mol. The molecule has 19 heavy (non-hydrogen) atoms. The summed E-state index contributed by atoms with van der Waals surface area (Å²) in [4.78, 5) is 11.9. The van der Waals surface area contributed by atoms with Gasteiger partial charge in [-0.25, -0.2) is 0 Å². The van der Waals surface area contributed by atoms with Crippen molar-refractivity contribution in [2.24, 2.45) is 5.92 Å². The molecule has 2 bridgehead atoms. The molecule has 1 aliphatic carbocycles. The van der Waals surface area contributed by atoms with Crippen LogP contribution in [0.1, 0.15) is 25.7 Å². The Hall–Kier alpha value is -0.690. The molecule has 6 heteroatoms. The highest BCUT2D eigenvalue weighted by Gasteiger charge is 2.90. The number of hydrogen-bond donors (Lipinski definition) is 0. The minimum absolute atomic E-state index is 0.0482. The molecule has 6 atom stereocenters. The van der Waals surface area contributed by atoms with Crippen LogP contribution in [0.5, 0.6) is 0 Å². The van der Waals surface area contributed by atoms with Gasteiger partial charge in [0, 0.05) is 13.0 Å². The number of esters is 1. The van der Waals surface area contributed by atoms with Gasteiger partial charge in [0.1, 0.15) is 5.60 Å². The maximum atomic E-state index is 11.9. The summed E-state index contributed by atoms with van der Waals surface area (Å²) < 4.78 is 29.2. The fraction of sp³-hybridized carbons (Fsp3) is 0.923. The molecule has 0 aromatic heterocycles. The minimum atomic E-state index is -1.15. The van der Waals surface area contributed by atoms with Crippen LogP contribution in [0.15, 0.2) is 0 Å². The molecule has 6 nitrogen and oxygen atoms in total. The Kier molecular flexibility index (Phi) is 1.73. The number of carbonyl (C=O) groups is 1. The Bertz CT molecular complexity index is 476. The number of methoxy groups -OCH3 is 1. The van der Waals surface area contributed by atoms with Crippen LogP contribution < -0.4 is 0 Å². The number of rotatable bonds is 1. The van der Waals surface area contributed by atoms with E-state index in [1.807, 2.05) is 0 Å². The Morgan fingerprint density at radius 2 is 2.26 bits per heavy atom. The Balaban J connectivity index is 1.70. The summed E-state index contributed by atoms with van der Waals surface area (Å²) in [5.74, 6) is -1.15. The summed E-state index contributed by atoms with van der Waals surface area (Å²) in [6, 6.07) is 0. The van der Waals surface area contributed by atoms with Crippen molar-refractivity contribution >= 4 is 5.97 Å². The molecule has 6 unspecified atom stereocenters. The van der Waals surface area contributed by atoms with Crippen molar-refractivity contribution in [1.29, 1.82) is 0 Å². The molecule has 104 valence electrons. The fourth-order valence-corrected chi connectivity index (χ4v) is 4.75. The van der Waals surface area contributed by atoms with E-state index in [4.69, 9.17) is 23.7 Å². The molecule has 0 amide bonds. The summed E-state index contributed by atoms with van der Waals surface area (Å²) in [5.41, 5.74) is -1.34. The van der Waals surface area contributed by atoms with Gasteiger partial charge in [-0.1, -0.05) is 6.42 Å². The summed E-state index contributed by atoms with van der Waals surface area (Å²) in [6.07, 6.45) is 2.91. The largest absolute Gasteiger partial charge is 0.456 e. The molecule has 4 saturated heterocycles. The maximum Gasteiger partial charge on any atom is 0.321 e. The van der Waals surface area contributed by atoms with Crippen molar-refractivity contribution in [2.45, 2.75) is 55.1 Å². The normalized spacial score (nSPS) is 61.1. The van der Waals surface area contributed by atoms with Crippen molar-refractivity contribution in [3.8, 4) is 0 Å². The SMILES string of the molecule is COC12COC13OC1CCCC4CC(=O)OC2C41O3. The van der Waals surface area contributed by atoms with Gasteiger partial charge in [0.2, 0.25) is 5.60 Å².